The molecule has 3 nitrogen and oxygen atoms in total. The second-order valence-electron chi connectivity index (χ2n) is 4.93. The molecule has 0 heterocycles. The van der Waals surface area contributed by atoms with E-state index < -0.39 is 11.5 Å². The molecule has 0 bridgehead atoms. The van der Waals surface area contributed by atoms with Crippen LogP contribution in [0.4, 0.5) is 0 Å². The molecular formula is C17H19NO2S. The summed E-state index contributed by atoms with van der Waals surface area (Å²) in [4.78, 5) is 13.2. The zero-order valence-corrected chi connectivity index (χ0v) is 13.0. The van der Waals surface area contributed by atoms with Gasteiger partial charge in [0.05, 0.1) is 7.11 Å². The molecule has 0 spiro atoms. The molecule has 1 unspecified atom stereocenters. The van der Waals surface area contributed by atoms with Crippen LogP contribution in [0.2, 0.25) is 0 Å². The lowest BCUT2D eigenvalue weighted by atomic mass is 9.93. The maximum atomic E-state index is 12.1. The highest BCUT2D eigenvalue weighted by atomic mass is 32.2. The molecule has 110 valence electrons. The number of carbonyl (C=O) groups is 1. The van der Waals surface area contributed by atoms with E-state index in [1.807, 2.05) is 61.5 Å². The Hall–Kier alpha value is -1.78. The molecule has 0 aliphatic rings. The minimum Gasteiger partial charge on any atom is -0.467 e. The third-order valence-corrected chi connectivity index (χ3v) is 4.53. The monoisotopic (exact) mass is 301 g/mol. The summed E-state index contributed by atoms with van der Waals surface area (Å²) in [5.74, 6) is 0.000501. The summed E-state index contributed by atoms with van der Waals surface area (Å²) in [6.45, 7) is 2.04. The van der Waals surface area contributed by atoms with Crippen LogP contribution < -0.4 is 5.73 Å². The van der Waals surface area contributed by atoms with E-state index in [0.717, 1.165) is 10.5 Å². The number of esters is 1. The zero-order valence-electron chi connectivity index (χ0n) is 12.2. The maximum Gasteiger partial charge on any atom is 0.331 e. The molecule has 0 aromatic heterocycles. The molecule has 1 atom stereocenters. The summed E-state index contributed by atoms with van der Waals surface area (Å²) in [6, 6.07) is 17.5. The normalized spacial score (nSPS) is 13.5. The number of methoxy groups -OCH3 is 1. The summed E-state index contributed by atoms with van der Waals surface area (Å²) >= 11 is 1.55. The van der Waals surface area contributed by atoms with Crippen molar-refractivity contribution in [3.8, 4) is 0 Å². The Labute approximate surface area is 129 Å². The number of ether oxygens (including phenoxy) is 1. The molecule has 2 N–H and O–H groups in total. The quantitative estimate of drug-likeness (QED) is 0.681. The van der Waals surface area contributed by atoms with Gasteiger partial charge < -0.3 is 10.5 Å². The Morgan fingerprint density at radius 2 is 1.76 bits per heavy atom. The van der Waals surface area contributed by atoms with E-state index >= 15 is 0 Å². The van der Waals surface area contributed by atoms with E-state index in [4.69, 9.17) is 10.5 Å². The van der Waals surface area contributed by atoms with Gasteiger partial charge in [0, 0.05) is 10.6 Å². The van der Waals surface area contributed by atoms with E-state index in [-0.39, 0.29) is 0 Å². The first-order valence-corrected chi connectivity index (χ1v) is 7.67. The molecule has 0 amide bonds. The summed E-state index contributed by atoms with van der Waals surface area (Å²) in [5.41, 5.74) is 7.17. The molecule has 0 radical (unpaired) electrons. The predicted molar refractivity (Wildman–Crippen MR) is 86.2 cm³/mol. The van der Waals surface area contributed by atoms with Crippen molar-refractivity contribution in [1.29, 1.82) is 0 Å². The van der Waals surface area contributed by atoms with Gasteiger partial charge in [-0.25, -0.2) is 4.79 Å². The molecule has 2 aromatic rings. The molecule has 0 aliphatic carbocycles. The first kappa shape index (κ1) is 15.6. The summed E-state index contributed by atoms with van der Waals surface area (Å²) in [5, 5.41) is 0. The van der Waals surface area contributed by atoms with Crippen molar-refractivity contribution >= 4 is 17.7 Å². The first-order valence-electron chi connectivity index (χ1n) is 6.68. The van der Waals surface area contributed by atoms with E-state index in [1.54, 1.807) is 11.8 Å². The molecule has 2 aromatic carbocycles. The Balaban J connectivity index is 2.21. The van der Waals surface area contributed by atoms with Crippen molar-refractivity contribution in [3.63, 3.8) is 0 Å². The van der Waals surface area contributed by atoms with Crippen LogP contribution in [-0.2, 0) is 15.1 Å². The van der Waals surface area contributed by atoms with Crippen LogP contribution >= 0.6 is 11.8 Å². The van der Waals surface area contributed by atoms with Crippen molar-refractivity contribution in [1.82, 2.24) is 0 Å². The number of hydrogen-bond acceptors (Lipinski definition) is 4. The van der Waals surface area contributed by atoms with Gasteiger partial charge in [-0.2, -0.15) is 0 Å². The zero-order chi connectivity index (χ0) is 15.3. The lowest BCUT2D eigenvalue weighted by Gasteiger charge is -2.26. The average molecular weight is 301 g/mol. The van der Waals surface area contributed by atoms with Gasteiger partial charge in [0.15, 0.2) is 0 Å². The highest BCUT2D eigenvalue weighted by Crippen LogP contribution is 2.29. The minimum absolute atomic E-state index is 0.423. The highest BCUT2D eigenvalue weighted by Gasteiger charge is 2.37. The van der Waals surface area contributed by atoms with Gasteiger partial charge >= 0.3 is 5.97 Å². The SMILES string of the molecule is COC(=O)C(N)(CSc1ccc(C)cc1)c1ccccc1. The molecular weight excluding hydrogens is 282 g/mol. The third kappa shape index (κ3) is 3.65. The predicted octanol–water partition coefficient (Wildman–Crippen LogP) is 3.11. The second kappa shape index (κ2) is 6.78. The fraction of sp³-hybridized carbons (Fsp3) is 0.235. The molecule has 0 aliphatic heterocycles. The summed E-state index contributed by atoms with van der Waals surface area (Å²) < 4.78 is 4.90. The van der Waals surface area contributed by atoms with Crippen LogP contribution in [0.5, 0.6) is 0 Å². The Bertz CT molecular complexity index is 598. The van der Waals surface area contributed by atoms with Crippen molar-refractivity contribution in [3.05, 3.63) is 65.7 Å². The standard InChI is InChI=1S/C17H19NO2S/c1-13-8-10-15(11-9-13)21-12-17(18,16(19)20-2)14-6-4-3-5-7-14/h3-11H,12,18H2,1-2H3. The van der Waals surface area contributed by atoms with Crippen LogP contribution in [0.25, 0.3) is 0 Å². The number of thioether (sulfide) groups is 1. The van der Waals surface area contributed by atoms with Gasteiger partial charge in [-0.3, -0.25) is 0 Å². The summed E-state index contributed by atoms with van der Waals surface area (Å²) in [6.07, 6.45) is 0. The van der Waals surface area contributed by atoms with Gasteiger partial charge in [0.1, 0.15) is 5.54 Å². The Kier molecular flexibility index (Phi) is 5.04. The summed E-state index contributed by atoms with van der Waals surface area (Å²) in [7, 11) is 1.36. The van der Waals surface area contributed by atoms with E-state index in [0.29, 0.717) is 5.75 Å². The fourth-order valence-electron chi connectivity index (χ4n) is 2.01. The molecule has 2 rings (SSSR count). The van der Waals surface area contributed by atoms with Crippen LogP contribution in [0, 0.1) is 6.92 Å². The number of aryl methyl sites for hydroxylation is 1. The lowest BCUT2D eigenvalue weighted by molar-refractivity contribution is -0.146. The first-order chi connectivity index (χ1) is 10.1. The van der Waals surface area contributed by atoms with Crippen molar-refractivity contribution in [2.45, 2.75) is 17.4 Å². The van der Waals surface area contributed by atoms with Crippen molar-refractivity contribution in [2.75, 3.05) is 12.9 Å². The topological polar surface area (TPSA) is 52.3 Å². The third-order valence-electron chi connectivity index (χ3n) is 3.33. The molecule has 0 saturated carbocycles. The van der Waals surface area contributed by atoms with Crippen LogP contribution in [0.3, 0.4) is 0 Å². The van der Waals surface area contributed by atoms with Crippen LogP contribution in [0.1, 0.15) is 11.1 Å². The van der Waals surface area contributed by atoms with Gasteiger partial charge in [-0.1, -0.05) is 48.0 Å². The van der Waals surface area contributed by atoms with E-state index in [2.05, 4.69) is 0 Å². The highest BCUT2D eigenvalue weighted by molar-refractivity contribution is 7.99. The van der Waals surface area contributed by atoms with Crippen LogP contribution in [-0.4, -0.2) is 18.8 Å². The number of rotatable bonds is 5. The van der Waals surface area contributed by atoms with Crippen molar-refractivity contribution in [2.24, 2.45) is 5.73 Å². The minimum atomic E-state index is -1.15. The molecule has 4 heteroatoms. The molecule has 21 heavy (non-hydrogen) atoms. The van der Waals surface area contributed by atoms with Crippen molar-refractivity contribution < 1.29 is 9.53 Å². The van der Waals surface area contributed by atoms with Gasteiger partial charge in [0.2, 0.25) is 0 Å². The smallest absolute Gasteiger partial charge is 0.331 e. The number of carbonyl (C=O) groups excluding carboxylic acids is 1. The van der Waals surface area contributed by atoms with E-state index in [9.17, 15) is 4.79 Å². The lowest BCUT2D eigenvalue weighted by Crippen LogP contribution is -2.48. The average Bonchev–Trinajstić information content (AvgIpc) is 2.54. The van der Waals surface area contributed by atoms with Gasteiger partial charge in [-0.15, -0.1) is 11.8 Å². The number of hydrogen-bond donors (Lipinski definition) is 1. The molecule has 0 fully saturated rings. The second-order valence-corrected chi connectivity index (χ2v) is 5.98. The van der Waals surface area contributed by atoms with E-state index in [1.165, 1.54) is 12.7 Å². The largest absolute Gasteiger partial charge is 0.467 e. The number of benzene rings is 2. The number of nitrogens with two attached hydrogens (primary N) is 1. The Morgan fingerprint density at radius 1 is 1.14 bits per heavy atom. The molecule has 0 saturated heterocycles. The Morgan fingerprint density at radius 3 is 2.33 bits per heavy atom. The fourth-order valence-corrected chi connectivity index (χ4v) is 3.02. The van der Waals surface area contributed by atoms with Crippen LogP contribution in [0.15, 0.2) is 59.5 Å². The maximum absolute atomic E-state index is 12.1. The van der Waals surface area contributed by atoms with Gasteiger partial charge in [0.25, 0.3) is 0 Å². The van der Waals surface area contributed by atoms with Gasteiger partial charge in [-0.05, 0) is 24.6 Å².